The van der Waals surface area contributed by atoms with Crippen LogP contribution in [0.1, 0.15) is 37.4 Å². The lowest BCUT2D eigenvalue weighted by Crippen LogP contribution is -2.26. The number of hydrogen-bond acceptors (Lipinski definition) is 4. The van der Waals surface area contributed by atoms with Crippen LogP contribution >= 0.6 is 11.3 Å². The molecule has 2 aromatic rings. The molecule has 2 N–H and O–H groups in total. The molecule has 2 rings (SSSR count). The van der Waals surface area contributed by atoms with Gasteiger partial charge < -0.3 is 5.73 Å². The first-order valence-corrected chi connectivity index (χ1v) is 7.01. The van der Waals surface area contributed by atoms with Crippen LogP contribution in [0.3, 0.4) is 0 Å². The number of aromatic nitrogens is 1. The maximum Gasteiger partial charge on any atom is 0.111 e. The zero-order valence-electron chi connectivity index (χ0n) is 11.3. The van der Waals surface area contributed by atoms with Gasteiger partial charge >= 0.3 is 0 Å². The predicted octanol–water partition coefficient (Wildman–Crippen LogP) is 3.73. The summed E-state index contributed by atoms with van der Waals surface area (Å²) in [6.07, 6.45) is 0. The highest BCUT2D eigenvalue weighted by atomic mass is 32.1. The van der Waals surface area contributed by atoms with E-state index in [9.17, 15) is 0 Å². The van der Waals surface area contributed by atoms with Crippen molar-refractivity contribution in [2.45, 2.75) is 26.8 Å². The molecule has 98 valence electrons. The lowest BCUT2D eigenvalue weighted by atomic mass is 9.88. The van der Waals surface area contributed by atoms with Crippen molar-refractivity contribution >= 4 is 11.3 Å². The first-order valence-electron chi connectivity index (χ1n) is 6.13. The molecule has 0 bridgehead atoms. The summed E-state index contributed by atoms with van der Waals surface area (Å²) < 4.78 is 0. The van der Waals surface area contributed by atoms with E-state index in [-0.39, 0.29) is 11.5 Å². The van der Waals surface area contributed by atoms with Gasteiger partial charge in [0.2, 0.25) is 0 Å². The van der Waals surface area contributed by atoms with E-state index in [2.05, 4.69) is 31.8 Å². The fourth-order valence-corrected chi connectivity index (χ4v) is 2.75. The van der Waals surface area contributed by atoms with E-state index in [1.165, 1.54) is 0 Å². The molecule has 0 saturated carbocycles. The highest BCUT2D eigenvalue weighted by Gasteiger charge is 2.25. The number of thiazole rings is 1. The van der Waals surface area contributed by atoms with Crippen molar-refractivity contribution in [1.82, 2.24) is 4.98 Å². The zero-order chi connectivity index (χ0) is 14.0. The molecule has 0 saturated heterocycles. The average molecular weight is 271 g/mol. The topological polar surface area (TPSA) is 62.7 Å². The lowest BCUT2D eigenvalue weighted by Gasteiger charge is -2.24. The summed E-state index contributed by atoms with van der Waals surface area (Å²) in [6.45, 7) is 6.32. The van der Waals surface area contributed by atoms with Gasteiger partial charge in [0, 0.05) is 10.9 Å². The molecule has 4 heteroatoms. The van der Waals surface area contributed by atoms with E-state index in [1.54, 1.807) is 17.4 Å². The average Bonchev–Trinajstić information content (AvgIpc) is 2.86. The van der Waals surface area contributed by atoms with Crippen LogP contribution in [0.25, 0.3) is 11.3 Å². The van der Waals surface area contributed by atoms with Crippen LogP contribution in [0.4, 0.5) is 0 Å². The van der Waals surface area contributed by atoms with Crippen LogP contribution in [0.5, 0.6) is 0 Å². The third kappa shape index (κ3) is 3.01. The first-order chi connectivity index (χ1) is 8.91. The summed E-state index contributed by atoms with van der Waals surface area (Å²) in [6, 6.07) is 9.53. The molecule has 0 radical (unpaired) electrons. The minimum atomic E-state index is -0.0783. The van der Waals surface area contributed by atoms with Crippen molar-refractivity contribution in [2.75, 3.05) is 0 Å². The van der Waals surface area contributed by atoms with Crippen LogP contribution in [-0.2, 0) is 0 Å². The molecule has 1 aromatic heterocycles. The second-order valence-electron chi connectivity index (χ2n) is 5.61. The van der Waals surface area contributed by atoms with Gasteiger partial charge in [0.05, 0.1) is 23.4 Å². The lowest BCUT2D eigenvalue weighted by molar-refractivity contribution is 0.326. The van der Waals surface area contributed by atoms with E-state index < -0.39 is 0 Å². The standard InChI is InChI=1S/C15H17N3S/c1-15(2,3)13(17)14-18-12(9-19-14)11-6-4-5-10(7-11)8-16/h4-7,9,13H,17H2,1-3H3. The molecule has 1 atom stereocenters. The van der Waals surface area contributed by atoms with Crippen molar-refractivity contribution in [2.24, 2.45) is 11.1 Å². The highest BCUT2D eigenvalue weighted by molar-refractivity contribution is 7.10. The minimum absolute atomic E-state index is 0.0103. The molecule has 0 aliphatic heterocycles. The summed E-state index contributed by atoms with van der Waals surface area (Å²) >= 11 is 1.57. The fourth-order valence-electron chi connectivity index (χ4n) is 1.68. The molecule has 3 nitrogen and oxygen atoms in total. The molecule has 19 heavy (non-hydrogen) atoms. The monoisotopic (exact) mass is 271 g/mol. The maximum absolute atomic E-state index is 8.92. The van der Waals surface area contributed by atoms with Crippen LogP contribution in [-0.4, -0.2) is 4.98 Å². The minimum Gasteiger partial charge on any atom is -0.322 e. The van der Waals surface area contributed by atoms with E-state index in [4.69, 9.17) is 11.0 Å². The molecular formula is C15H17N3S. The highest BCUT2D eigenvalue weighted by Crippen LogP contribution is 2.34. The predicted molar refractivity (Wildman–Crippen MR) is 78.6 cm³/mol. The van der Waals surface area contributed by atoms with Gasteiger partial charge in [0.25, 0.3) is 0 Å². The van der Waals surface area contributed by atoms with E-state index in [1.807, 2.05) is 23.6 Å². The van der Waals surface area contributed by atoms with Gasteiger partial charge in [-0.1, -0.05) is 32.9 Å². The molecule has 0 fully saturated rings. The Bertz CT molecular complexity index is 617. The number of rotatable bonds is 2. The third-order valence-electron chi connectivity index (χ3n) is 3.01. The Morgan fingerprint density at radius 1 is 1.37 bits per heavy atom. The Balaban J connectivity index is 2.33. The van der Waals surface area contributed by atoms with Crippen LogP contribution in [0.2, 0.25) is 0 Å². The summed E-state index contributed by atoms with van der Waals surface area (Å²) in [5.74, 6) is 0. The Labute approximate surface area is 117 Å². The summed E-state index contributed by atoms with van der Waals surface area (Å²) in [4.78, 5) is 4.61. The second kappa shape index (κ2) is 5.12. The summed E-state index contributed by atoms with van der Waals surface area (Å²) in [5, 5.41) is 11.9. The van der Waals surface area contributed by atoms with Crippen molar-refractivity contribution in [3.63, 3.8) is 0 Å². The number of nitriles is 1. The van der Waals surface area contributed by atoms with Gasteiger partial charge in [-0.15, -0.1) is 11.3 Å². The first kappa shape index (κ1) is 13.7. The van der Waals surface area contributed by atoms with Crippen molar-refractivity contribution in [3.05, 3.63) is 40.2 Å². The Morgan fingerprint density at radius 2 is 2.11 bits per heavy atom. The normalized spacial score (nSPS) is 13.0. The molecule has 1 unspecified atom stereocenters. The molecule has 0 amide bonds. The van der Waals surface area contributed by atoms with Gasteiger partial charge in [0.15, 0.2) is 0 Å². The van der Waals surface area contributed by atoms with Crippen LogP contribution in [0.15, 0.2) is 29.6 Å². The maximum atomic E-state index is 8.92. The van der Waals surface area contributed by atoms with Crippen LogP contribution in [0, 0.1) is 16.7 Å². The van der Waals surface area contributed by atoms with E-state index >= 15 is 0 Å². The Morgan fingerprint density at radius 3 is 2.74 bits per heavy atom. The second-order valence-corrected chi connectivity index (χ2v) is 6.50. The number of nitrogens with two attached hydrogens (primary N) is 1. The molecule has 0 aliphatic carbocycles. The summed E-state index contributed by atoms with van der Waals surface area (Å²) in [7, 11) is 0. The quantitative estimate of drug-likeness (QED) is 0.905. The van der Waals surface area contributed by atoms with E-state index in [0.717, 1.165) is 16.3 Å². The van der Waals surface area contributed by atoms with Gasteiger partial charge in [-0.05, 0) is 17.5 Å². The molecule has 1 aromatic carbocycles. The Kier molecular flexibility index (Phi) is 3.70. The SMILES string of the molecule is CC(C)(C)C(N)c1nc(-c2cccc(C#N)c2)cs1. The van der Waals surface area contributed by atoms with Crippen molar-refractivity contribution < 1.29 is 0 Å². The number of nitrogens with zero attached hydrogens (tertiary/aromatic N) is 2. The molecule has 0 spiro atoms. The third-order valence-corrected chi connectivity index (χ3v) is 3.94. The van der Waals surface area contributed by atoms with Gasteiger partial charge in [-0.25, -0.2) is 4.98 Å². The van der Waals surface area contributed by atoms with Gasteiger partial charge in [0.1, 0.15) is 5.01 Å². The van der Waals surface area contributed by atoms with Crippen LogP contribution < -0.4 is 5.73 Å². The Hall–Kier alpha value is -1.70. The largest absolute Gasteiger partial charge is 0.322 e. The van der Waals surface area contributed by atoms with Gasteiger partial charge in [-0.2, -0.15) is 5.26 Å². The smallest absolute Gasteiger partial charge is 0.111 e. The molecular weight excluding hydrogens is 254 g/mol. The fraction of sp³-hybridized carbons (Fsp3) is 0.333. The molecule has 0 aliphatic rings. The molecule has 1 heterocycles. The zero-order valence-corrected chi connectivity index (χ0v) is 12.2. The summed E-state index contributed by atoms with van der Waals surface area (Å²) in [5.41, 5.74) is 8.70. The van der Waals surface area contributed by atoms with Gasteiger partial charge in [-0.3, -0.25) is 0 Å². The van der Waals surface area contributed by atoms with Crippen molar-refractivity contribution in [3.8, 4) is 17.3 Å². The number of benzene rings is 1. The number of hydrogen-bond donors (Lipinski definition) is 1. The van der Waals surface area contributed by atoms with Crippen molar-refractivity contribution in [1.29, 1.82) is 5.26 Å². The van der Waals surface area contributed by atoms with E-state index in [0.29, 0.717) is 5.56 Å².